The summed E-state index contributed by atoms with van der Waals surface area (Å²) in [5.74, 6) is 0. The molecule has 0 aromatic carbocycles. The molecule has 0 saturated carbocycles. The lowest BCUT2D eigenvalue weighted by Crippen LogP contribution is -1.94. The SMILES string of the molecule is Cn1ncc(Cc2ccc(Br)nc2)n1. The lowest BCUT2D eigenvalue weighted by Gasteiger charge is -1.96. The summed E-state index contributed by atoms with van der Waals surface area (Å²) in [7, 11) is 1.81. The van der Waals surface area contributed by atoms with E-state index in [1.165, 1.54) is 0 Å². The van der Waals surface area contributed by atoms with E-state index < -0.39 is 0 Å². The molecule has 2 heterocycles. The van der Waals surface area contributed by atoms with E-state index >= 15 is 0 Å². The van der Waals surface area contributed by atoms with Gasteiger partial charge in [-0.1, -0.05) is 6.07 Å². The Kier molecular flexibility index (Phi) is 2.58. The summed E-state index contributed by atoms with van der Waals surface area (Å²) in [6.07, 6.45) is 4.37. The highest BCUT2D eigenvalue weighted by molar-refractivity contribution is 9.10. The van der Waals surface area contributed by atoms with Crippen LogP contribution >= 0.6 is 15.9 Å². The summed E-state index contributed by atoms with van der Waals surface area (Å²) >= 11 is 3.29. The van der Waals surface area contributed by atoms with Gasteiger partial charge in [-0.25, -0.2) is 4.98 Å². The normalized spacial score (nSPS) is 10.4. The maximum Gasteiger partial charge on any atom is 0.106 e. The second-order valence-corrected chi connectivity index (χ2v) is 3.80. The number of halogens is 1. The monoisotopic (exact) mass is 252 g/mol. The summed E-state index contributed by atoms with van der Waals surface area (Å²) in [5, 5.41) is 8.20. The smallest absolute Gasteiger partial charge is 0.106 e. The average Bonchev–Trinajstić information content (AvgIpc) is 2.56. The molecule has 0 fully saturated rings. The number of hydrogen-bond donors (Lipinski definition) is 0. The molecule has 0 unspecified atom stereocenters. The molecule has 0 amide bonds. The molecule has 0 aliphatic rings. The summed E-state index contributed by atoms with van der Waals surface area (Å²) in [5.41, 5.74) is 2.09. The van der Waals surface area contributed by atoms with Gasteiger partial charge in [0, 0.05) is 19.7 Å². The van der Waals surface area contributed by atoms with Crippen molar-refractivity contribution in [1.29, 1.82) is 0 Å². The lowest BCUT2D eigenvalue weighted by molar-refractivity contribution is 0.647. The van der Waals surface area contributed by atoms with Crippen molar-refractivity contribution in [3.05, 3.63) is 40.4 Å². The third kappa shape index (κ3) is 2.17. The first-order valence-corrected chi connectivity index (χ1v) is 4.99. The van der Waals surface area contributed by atoms with Gasteiger partial charge in [-0.2, -0.15) is 15.0 Å². The van der Waals surface area contributed by atoms with Crippen LogP contribution in [0.3, 0.4) is 0 Å². The predicted molar refractivity (Wildman–Crippen MR) is 55.7 cm³/mol. The van der Waals surface area contributed by atoms with E-state index in [0.717, 1.165) is 22.3 Å². The van der Waals surface area contributed by atoms with Crippen LogP contribution in [0.5, 0.6) is 0 Å². The highest BCUT2D eigenvalue weighted by Gasteiger charge is 2.00. The second kappa shape index (κ2) is 3.88. The van der Waals surface area contributed by atoms with Crippen molar-refractivity contribution < 1.29 is 0 Å². The third-order valence-electron chi connectivity index (χ3n) is 1.82. The van der Waals surface area contributed by atoms with Crippen molar-refractivity contribution in [2.75, 3.05) is 0 Å². The minimum Gasteiger partial charge on any atom is -0.249 e. The van der Waals surface area contributed by atoms with Gasteiger partial charge in [0.2, 0.25) is 0 Å². The lowest BCUT2D eigenvalue weighted by atomic mass is 10.2. The van der Waals surface area contributed by atoms with Gasteiger partial charge in [0.05, 0.1) is 11.9 Å². The quantitative estimate of drug-likeness (QED) is 0.763. The number of hydrogen-bond acceptors (Lipinski definition) is 3. The highest BCUT2D eigenvalue weighted by atomic mass is 79.9. The molecule has 5 heteroatoms. The van der Waals surface area contributed by atoms with Crippen molar-refractivity contribution in [2.24, 2.45) is 7.05 Å². The van der Waals surface area contributed by atoms with Crippen molar-refractivity contribution >= 4 is 15.9 Å². The molecule has 4 nitrogen and oxygen atoms in total. The van der Waals surface area contributed by atoms with E-state index in [1.807, 2.05) is 25.4 Å². The van der Waals surface area contributed by atoms with Crippen LogP contribution in [-0.4, -0.2) is 20.0 Å². The molecule has 0 radical (unpaired) electrons. The Bertz CT molecular complexity index is 421. The first kappa shape index (κ1) is 9.33. The highest BCUT2D eigenvalue weighted by Crippen LogP contribution is 2.09. The minimum atomic E-state index is 0.772. The Hall–Kier alpha value is -1.23. The van der Waals surface area contributed by atoms with Gasteiger partial charge >= 0.3 is 0 Å². The molecule has 0 atom stereocenters. The van der Waals surface area contributed by atoms with Crippen LogP contribution in [0.4, 0.5) is 0 Å². The molecule has 72 valence electrons. The first-order valence-electron chi connectivity index (χ1n) is 4.19. The van der Waals surface area contributed by atoms with Crippen molar-refractivity contribution in [1.82, 2.24) is 20.0 Å². The number of aromatic nitrogens is 4. The van der Waals surface area contributed by atoms with Crippen molar-refractivity contribution in [3.63, 3.8) is 0 Å². The van der Waals surface area contributed by atoms with Crippen LogP contribution in [0.25, 0.3) is 0 Å². The standard InChI is InChI=1S/C9H9BrN4/c1-14-12-6-8(13-14)4-7-2-3-9(10)11-5-7/h2-3,5-6H,4H2,1H3. The fraction of sp³-hybridized carbons (Fsp3) is 0.222. The molecular weight excluding hydrogens is 244 g/mol. The summed E-state index contributed by atoms with van der Waals surface area (Å²) in [4.78, 5) is 5.70. The van der Waals surface area contributed by atoms with E-state index in [1.54, 1.807) is 11.0 Å². The summed E-state index contributed by atoms with van der Waals surface area (Å²) in [6, 6.07) is 3.94. The Morgan fingerprint density at radius 1 is 1.36 bits per heavy atom. The van der Waals surface area contributed by atoms with E-state index in [4.69, 9.17) is 0 Å². The zero-order valence-corrected chi connectivity index (χ0v) is 9.27. The van der Waals surface area contributed by atoms with E-state index in [0.29, 0.717) is 0 Å². The second-order valence-electron chi connectivity index (χ2n) is 2.99. The molecule has 14 heavy (non-hydrogen) atoms. The summed E-state index contributed by atoms with van der Waals surface area (Å²) in [6.45, 7) is 0. The molecule has 0 saturated heterocycles. The molecule has 0 N–H and O–H groups in total. The Morgan fingerprint density at radius 2 is 2.21 bits per heavy atom. The molecule has 2 aromatic rings. The Morgan fingerprint density at radius 3 is 2.79 bits per heavy atom. The molecule has 2 rings (SSSR count). The third-order valence-corrected chi connectivity index (χ3v) is 2.29. The molecule has 0 aliphatic heterocycles. The number of aryl methyl sites for hydroxylation is 1. The zero-order valence-electron chi connectivity index (χ0n) is 7.68. The van der Waals surface area contributed by atoms with Crippen LogP contribution in [-0.2, 0) is 13.5 Å². The molecular formula is C9H9BrN4. The Labute approximate surface area is 90.1 Å². The number of nitrogens with zero attached hydrogens (tertiary/aromatic N) is 4. The van der Waals surface area contributed by atoms with E-state index in [9.17, 15) is 0 Å². The van der Waals surface area contributed by atoms with Gasteiger partial charge in [0.25, 0.3) is 0 Å². The van der Waals surface area contributed by atoms with Gasteiger partial charge in [0.15, 0.2) is 0 Å². The van der Waals surface area contributed by atoms with Crippen LogP contribution in [0.15, 0.2) is 29.1 Å². The molecule has 2 aromatic heterocycles. The Balaban J connectivity index is 2.15. The van der Waals surface area contributed by atoms with Crippen molar-refractivity contribution in [3.8, 4) is 0 Å². The predicted octanol–water partition coefficient (Wildman–Crippen LogP) is 1.56. The van der Waals surface area contributed by atoms with Crippen LogP contribution in [0.2, 0.25) is 0 Å². The maximum absolute atomic E-state index is 4.19. The largest absolute Gasteiger partial charge is 0.249 e. The van der Waals surface area contributed by atoms with Gasteiger partial charge in [-0.15, -0.1) is 0 Å². The van der Waals surface area contributed by atoms with Crippen LogP contribution < -0.4 is 0 Å². The van der Waals surface area contributed by atoms with Gasteiger partial charge in [-0.3, -0.25) is 0 Å². The van der Waals surface area contributed by atoms with Gasteiger partial charge in [0.1, 0.15) is 4.60 Å². The summed E-state index contributed by atoms with van der Waals surface area (Å²) < 4.78 is 0.848. The topological polar surface area (TPSA) is 43.6 Å². The number of pyridine rings is 1. The zero-order chi connectivity index (χ0) is 9.97. The minimum absolute atomic E-state index is 0.772. The van der Waals surface area contributed by atoms with Crippen molar-refractivity contribution in [2.45, 2.75) is 6.42 Å². The molecule has 0 spiro atoms. The van der Waals surface area contributed by atoms with Crippen LogP contribution in [0.1, 0.15) is 11.3 Å². The van der Waals surface area contributed by atoms with Crippen LogP contribution in [0, 0.1) is 0 Å². The fourth-order valence-corrected chi connectivity index (χ4v) is 1.42. The fourth-order valence-electron chi connectivity index (χ4n) is 1.19. The average molecular weight is 253 g/mol. The first-order chi connectivity index (χ1) is 6.74. The van der Waals surface area contributed by atoms with Gasteiger partial charge < -0.3 is 0 Å². The van der Waals surface area contributed by atoms with E-state index in [2.05, 4.69) is 31.1 Å². The van der Waals surface area contributed by atoms with Gasteiger partial charge in [-0.05, 0) is 27.6 Å². The number of rotatable bonds is 2. The molecule has 0 aliphatic carbocycles. The van der Waals surface area contributed by atoms with E-state index in [-0.39, 0.29) is 0 Å². The maximum atomic E-state index is 4.19. The molecule has 0 bridgehead atoms.